The van der Waals surface area contributed by atoms with Crippen molar-refractivity contribution in [2.75, 3.05) is 33.9 Å². The van der Waals surface area contributed by atoms with Crippen LogP contribution in [0.1, 0.15) is 28.9 Å². The average molecular weight is 437 g/mol. The number of benzene rings is 1. The Morgan fingerprint density at radius 1 is 1.09 bits per heavy atom. The summed E-state index contributed by atoms with van der Waals surface area (Å²) in [5.41, 5.74) is 2.38. The van der Waals surface area contributed by atoms with Crippen molar-refractivity contribution in [2.24, 2.45) is 5.92 Å². The van der Waals surface area contributed by atoms with Crippen LogP contribution in [0.5, 0.6) is 11.5 Å². The lowest BCUT2D eigenvalue weighted by Crippen LogP contribution is -2.43. The molecule has 0 atom stereocenters. The Kier molecular flexibility index (Phi) is 6.58. The highest BCUT2D eigenvalue weighted by Gasteiger charge is 2.28. The number of methoxy groups -OCH3 is 2. The Bertz CT molecular complexity index is 1050. The molecule has 1 saturated heterocycles. The summed E-state index contributed by atoms with van der Waals surface area (Å²) in [6.07, 6.45) is 5.92. The van der Waals surface area contributed by atoms with Crippen LogP contribution in [0.25, 0.3) is 5.65 Å². The van der Waals surface area contributed by atoms with Gasteiger partial charge in [0.25, 0.3) is 5.91 Å². The first-order chi connectivity index (χ1) is 15.6. The molecule has 8 nitrogen and oxygen atoms in total. The van der Waals surface area contributed by atoms with Crippen molar-refractivity contribution >= 4 is 17.5 Å². The predicted octanol–water partition coefficient (Wildman–Crippen LogP) is 2.56. The molecule has 2 amide bonds. The minimum Gasteiger partial charge on any atom is -0.497 e. The first-order valence-electron chi connectivity index (χ1n) is 10.8. The molecule has 4 rings (SSSR count). The number of rotatable bonds is 7. The number of hydrogen-bond donors (Lipinski definition) is 1. The maximum Gasteiger partial charge on any atom is 0.254 e. The van der Waals surface area contributed by atoms with Gasteiger partial charge in [0.15, 0.2) is 0 Å². The summed E-state index contributed by atoms with van der Waals surface area (Å²) in [5, 5.41) is 3.03. The topological polar surface area (TPSA) is 85.2 Å². The molecule has 1 N–H and O–H groups in total. The van der Waals surface area contributed by atoms with Gasteiger partial charge >= 0.3 is 0 Å². The zero-order chi connectivity index (χ0) is 22.5. The van der Waals surface area contributed by atoms with E-state index in [1.54, 1.807) is 37.3 Å². The summed E-state index contributed by atoms with van der Waals surface area (Å²) in [7, 11) is 3.12. The molecule has 0 spiro atoms. The van der Waals surface area contributed by atoms with E-state index in [0.717, 1.165) is 11.3 Å². The van der Waals surface area contributed by atoms with Gasteiger partial charge in [-0.05, 0) is 37.1 Å². The highest BCUT2D eigenvalue weighted by Crippen LogP contribution is 2.25. The van der Waals surface area contributed by atoms with Crippen molar-refractivity contribution < 1.29 is 19.1 Å². The predicted molar refractivity (Wildman–Crippen MR) is 120 cm³/mol. The summed E-state index contributed by atoms with van der Waals surface area (Å²) >= 11 is 0. The zero-order valence-electron chi connectivity index (χ0n) is 18.4. The Morgan fingerprint density at radius 3 is 2.47 bits per heavy atom. The number of carbonyl (C=O) groups is 2. The van der Waals surface area contributed by atoms with Gasteiger partial charge in [-0.2, -0.15) is 0 Å². The summed E-state index contributed by atoms with van der Waals surface area (Å²) in [4.78, 5) is 31.9. The van der Waals surface area contributed by atoms with Crippen molar-refractivity contribution in [2.45, 2.75) is 19.3 Å². The standard InChI is InChI=1S/C24H28N4O4/c1-31-20-13-18(14-21(15-20)32-2)24(30)27-11-7-17(8-12-27)23(29)25-9-6-19-16-28-10-4-3-5-22(28)26-19/h3-5,10,13-17H,6-9,11-12H2,1-2H3,(H,25,29). The van der Waals surface area contributed by atoms with Crippen LogP contribution in [-0.4, -0.2) is 60.0 Å². The van der Waals surface area contributed by atoms with Gasteiger partial charge in [-0.25, -0.2) is 4.98 Å². The van der Waals surface area contributed by atoms with Gasteiger partial charge in [0.05, 0.1) is 19.9 Å². The molecule has 0 radical (unpaired) electrons. The number of aromatic nitrogens is 2. The van der Waals surface area contributed by atoms with E-state index in [9.17, 15) is 9.59 Å². The van der Waals surface area contributed by atoms with E-state index < -0.39 is 0 Å². The fourth-order valence-electron chi connectivity index (χ4n) is 4.02. The number of likely N-dealkylation sites (tertiary alicyclic amines) is 1. The lowest BCUT2D eigenvalue weighted by atomic mass is 9.95. The van der Waals surface area contributed by atoms with E-state index in [1.807, 2.05) is 35.0 Å². The van der Waals surface area contributed by atoms with Crippen LogP contribution in [0.4, 0.5) is 0 Å². The molecular formula is C24H28N4O4. The van der Waals surface area contributed by atoms with E-state index in [-0.39, 0.29) is 17.7 Å². The molecule has 1 aliphatic heterocycles. The second-order valence-electron chi connectivity index (χ2n) is 7.91. The maximum absolute atomic E-state index is 12.9. The number of piperidine rings is 1. The molecule has 3 heterocycles. The van der Waals surface area contributed by atoms with Crippen molar-refractivity contribution in [1.82, 2.24) is 19.6 Å². The van der Waals surface area contributed by atoms with Crippen molar-refractivity contribution in [3.05, 3.63) is 60.0 Å². The van der Waals surface area contributed by atoms with Crippen LogP contribution in [0.3, 0.4) is 0 Å². The van der Waals surface area contributed by atoms with E-state index in [2.05, 4.69) is 10.3 Å². The van der Waals surface area contributed by atoms with Crippen LogP contribution in [0.2, 0.25) is 0 Å². The number of nitrogens with one attached hydrogen (secondary N) is 1. The van der Waals surface area contributed by atoms with Gasteiger partial charge in [0, 0.05) is 56.0 Å². The van der Waals surface area contributed by atoms with Gasteiger partial charge in [0.2, 0.25) is 5.91 Å². The molecular weight excluding hydrogens is 408 g/mol. The Labute approximate surface area is 187 Å². The van der Waals surface area contributed by atoms with Gasteiger partial charge < -0.3 is 24.1 Å². The number of fused-ring (bicyclic) bond motifs is 1. The van der Waals surface area contributed by atoms with E-state index in [1.165, 1.54) is 0 Å². The van der Waals surface area contributed by atoms with E-state index in [0.29, 0.717) is 56.0 Å². The molecule has 1 fully saturated rings. The Morgan fingerprint density at radius 2 is 1.81 bits per heavy atom. The smallest absolute Gasteiger partial charge is 0.254 e. The monoisotopic (exact) mass is 436 g/mol. The summed E-state index contributed by atoms with van der Waals surface area (Å²) < 4.78 is 12.5. The number of amides is 2. The Hall–Kier alpha value is -3.55. The number of imidazole rings is 1. The van der Waals surface area contributed by atoms with Crippen molar-refractivity contribution in [1.29, 1.82) is 0 Å². The first-order valence-corrected chi connectivity index (χ1v) is 10.8. The SMILES string of the molecule is COc1cc(OC)cc(C(=O)N2CCC(C(=O)NCCc3cn4ccccc4n3)CC2)c1. The summed E-state index contributed by atoms with van der Waals surface area (Å²) in [6.45, 7) is 1.64. The van der Waals surface area contributed by atoms with Crippen LogP contribution in [0, 0.1) is 5.92 Å². The zero-order valence-corrected chi connectivity index (χ0v) is 18.4. The van der Waals surface area contributed by atoms with Crippen molar-refractivity contribution in [3.63, 3.8) is 0 Å². The van der Waals surface area contributed by atoms with Crippen LogP contribution in [-0.2, 0) is 11.2 Å². The number of pyridine rings is 1. The second-order valence-corrected chi connectivity index (χ2v) is 7.91. The fourth-order valence-corrected chi connectivity index (χ4v) is 4.02. The average Bonchev–Trinajstić information content (AvgIpc) is 3.26. The van der Waals surface area contributed by atoms with E-state index >= 15 is 0 Å². The first kappa shape index (κ1) is 21.7. The minimum atomic E-state index is -0.0834. The molecule has 1 aromatic carbocycles. The fraction of sp³-hybridized carbons (Fsp3) is 0.375. The normalized spacial score (nSPS) is 14.4. The number of hydrogen-bond acceptors (Lipinski definition) is 5. The third-order valence-electron chi connectivity index (χ3n) is 5.85. The van der Waals surface area contributed by atoms with Crippen LogP contribution >= 0.6 is 0 Å². The summed E-state index contributed by atoms with van der Waals surface area (Å²) in [6, 6.07) is 11.0. The lowest BCUT2D eigenvalue weighted by molar-refractivity contribution is -0.126. The molecule has 0 saturated carbocycles. The maximum atomic E-state index is 12.9. The Balaban J connectivity index is 1.26. The van der Waals surface area contributed by atoms with E-state index in [4.69, 9.17) is 9.47 Å². The molecule has 8 heteroatoms. The third kappa shape index (κ3) is 4.85. The quantitative estimate of drug-likeness (QED) is 0.615. The molecule has 168 valence electrons. The number of carbonyl (C=O) groups excluding carboxylic acids is 2. The minimum absolute atomic E-state index is 0.0453. The molecule has 0 aliphatic carbocycles. The molecule has 0 unspecified atom stereocenters. The molecule has 3 aromatic rings. The third-order valence-corrected chi connectivity index (χ3v) is 5.85. The largest absolute Gasteiger partial charge is 0.497 e. The van der Waals surface area contributed by atoms with Gasteiger partial charge in [-0.1, -0.05) is 6.07 Å². The molecule has 0 bridgehead atoms. The van der Waals surface area contributed by atoms with Crippen molar-refractivity contribution in [3.8, 4) is 11.5 Å². The molecule has 32 heavy (non-hydrogen) atoms. The number of ether oxygens (including phenoxy) is 2. The number of nitrogens with zero attached hydrogens (tertiary/aromatic N) is 3. The highest BCUT2D eigenvalue weighted by molar-refractivity contribution is 5.95. The van der Waals surface area contributed by atoms with Gasteiger partial charge in [0.1, 0.15) is 17.1 Å². The summed E-state index contributed by atoms with van der Waals surface area (Å²) in [5.74, 6) is 1.04. The second kappa shape index (κ2) is 9.72. The van der Waals surface area contributed by atoms with Crippen LogP contribution in [0.15, 0.2) is 48.8 Å². The highest BCUT2D eigenvalue weighted by atomic mass is 16.5. The molecule has 1 aliphatic rings. The van der Waals surface area contributed by atoms with Gasteiger partial charge in [-0.15, -0.1) is 0 Å². The lowest BCUT2D eigenvalue weighted by Gasteiger charge is -2.31. The van der Waals surface area contributed by atoms with Gasteiger partial charge in [-0.3, -0.25) is 9.59 Å². The van der Waals surface area contributed by atoms with Crippen LogP contribution < -0.4 is 14.8 Å². The molecule has 2 aromatic heterocycles.